The lowest BCUT2D eigenvalue weighted by Crippen LogP contribution is -1.87. The van der Waals surface area contributed by atoms with Gasteiger partial charge in [-0.1, -0.05) is 121 Å². The van der Waals surface area contributed by atoms with Gasteiger partial charge in [-0.05, 0) is 158 Å². The Labute approximate surface area is 278 Å². The molecule has 0 radical (unpaired) electrons. The van der Waals surface area contributed by atoms with Crippen molar-refractivity contribution in [2.75, 3.05) is 0 Å². The molecule has 11 aromatic rings. The van der Waals surface area contributed by atoms with Crippen LogP contribution in [0, 0.1) is 13.8 Å². The monoisotopic (exact) mass is 606 g/mol. The van der Waals surface area contributed by atoms with Gasteiger partial charge in [0.25, 0.3) is 0 Å². The average Bonchev–Trinajstić information content (AvgIpc) is 3.63. The van der Waals surface area contributed by atoms with E-state index in [4.69, 9.17) is 0 Å². The summed E-state index contributed by atoms with van der Waals surface area (Å²) >= 11 is 0. The Morgan fingerprint density at radius 3 is 1.02 bits per heavy atom. The van der Waals surface area contributed by atoms with E-state index in [0.29, 0.717) is 0 Å². The summed E-state index contributed by atoms with van der Waals surface area (Å²) in [5, 5.41) is 21.6. The summed E-state index contributed by atoms with van der Waals surface area (Å²) in [5.74, 6) is 0. The molecule has 0 aliphatic heterocycles. The second-order valence-corrected chi connectivity index (χ2v) is 13.7. The number of aryl methyl sites for hydroxylation is 2. The first-order chi connectivity index (χ1) is 23.6. The summed E-state index contributed by atoms with van der Waals surface area (Å²) in [7, 11) is 0. The minimum absolute atomic E-state index is 1.25. The van der Waals surface area contributed by atoms with Crippen molar-refractivity contribution in [3.8, 4) is 22.3 Å². The molecule has 11 aromatic carbocycles. The Morgan fingerprint density at radius 1 is 0.229 bits per heavy atom. The van der Waals surface area contributed by atoms with Gasteiger partial charge in [0.2, 0.25) is 0 Å². The lowest BCUT2D eigenvalue weighted by Gasteiger charge is -2.14. The smallest absolute Gasteiger partial charge is 0.00172 e. The molecule has 0 fully saturated rings. The van der Waals surface area contributed by atoms with Crippen molar-refractivity contribution in [1.82, 2.24) is 0 Å². The largest absolute Gasteiger partial charge is 0.0622 e. The van der Waals surface area contributed by atoms with Crippen LogP contribution in [0.1, 0.15) is 11.1 Å². The quantitative estimate of drug-likeness (QED) is 0.172. The Bertz CT molecular complexity index is 2880. The van der Waals surface area contributed by atoms with Crippen LogP contribution in [-0.2, 0) is 0 Å². The van der Waals surface area contributed by atoms with Crippen molar-refractivity contribution in [2.24, 2.45) is 0 Å². The molecule has 0 spiro atoms. The molecule has 0 aliphatic carbocycles. The van der Waals surface area contributed by atoms with Crippen LogP contribution in [-0.4, -0.2) is 0 Å². The highest BCUT2D eigenvalue weighted by atomic mass is 14.2. The van der Waals surface area contributed by atoms with Crippen LogP contribution < -0.4 is 0 Å². The van der Waals surface area contributed by atoms with Gasteiger partial charge >= 0.3 is 0 Å². The second kappa shape index (κ2) is 9.31. The predicted octanol–water partition coefficient (Wildman–Crippen LogP) is 13.7. The predicted molar refractivity (Wildman–Crippen MR) is 209 cm³/mol. The number of hydrogen-bond donors (Lipinski definition) is 0. The van der Waals surface area contributed by atoms with E-state index in [-0.39, 0.29) is 0 Å². The molecule has 0 saturated carbocycles. The van der Waals surface area contributed by atoms with Gasteiger partial charge in [0.05, 0.1) is 0 Å². The highest BCUT2D eigenvalue weighted by molar-refractivity contribution is 6.40. The minimum atomic E-state index is 1.25. The molecule has 0 aliphatic rings. The van der Waals surface area contributed by atoms with E-state index in [2.05, 4.69) is 159 Å². The molecule has 0 heterocycles. The maximum atomic E-state index is 2.51. The zero-order valence-corrected chi connectivity index (χ0v) is 26.9. The van der Waals surface area contributed by atoms with E-state index in [9.17, 15) is 0 Å². The normalized spacial score (nSPS) is 12.4. The zero-order valence-electron chi connectivity index (χ0n) is 26.9. The fourth-order valence-corrected chi connectivity index (χ4v) is 8.98. The molecule has 0 heteroatoms. The van der Waals surface area contributed by atoms with Crippen molar-refractivity contribution < 1.29 is 0 Å². The summed E-state index contributed by atoms with van der Waals surface area (Å²) in [5.41, 5.74) is 7.69. The van der Waals surface area contributed by atoms with E-state index in [1.54, 1.807) is 0 Å². The van der Waals surface area contributed by atoms with Crippen molar-refractivity contribution in [3.63, 3.8) is 0 Å². The van der Waals surface area contributed by atoms with Gasteiger partial charge < -0.3 is 0 Å². The Kier molecular flexibility index (Phi) is 5.07. The summed E-state index contributed by atoms with van der Waals surface area (Å²) in [6, 6.07) is 54.8. The van der Waals surface area contributed by atoms with Crippen LogP contribution in [0.15, 0.2) is 146 Å². The van der Waals surface area contributed by atoms with Gasteiger partial charge in [-0.15, -0.1) is 0 Å². The number of hydrogen-bond acceptors (Lipinski definition) is 0. The van der Waals surface area contributed by atoms with Crippen molar-refractivity contribution >= 4 is 86.2 Å². The van der Waals surface area contributed by atoms with Gasteiger partial charge in [-0.2, -0.15) is 0 Å². The van der Waals surface area contributed by atoms with Crippen LogP contribution >= 0.6 is 0 Å². The minimum Gasteiger partial charge on any atom is -0.0622 e. The highest BCUT2D eigenvalue weighted by Crippen LogP contribution is 2.49. The van der Waals surface area contributed by atoms with E-state index in [1.165, 1.54) is 120 Å². The van der Waals surface area contributed by atoms with Crippen LogP contribution in [0.3, 0.4) is 0 Å². The Balaban J connectivity index is 1.32. The van der Waals surface area contributed by atoms with Gasteiger partial charge in [0.1, 0.15) is 0 Å². The van der Waals surface area contributed by atoms with Crippen LogP contribution in [0.5, 0.6) is 0 Å². The van der Waals surface area contributed by atoms with E-state index >= 15 is 0 Å². The summed E-state index contributed by atoms with van der Waals surface area (Å²) in [6.07, 6.45) is 0. The third-order valence-electron chi connectivity index (χ3n) is 11.2. The molecule has 222 valence electrons. The van der Waals surface area contributed by atoms with Gasteiger partial charge in [-0.25, -0.2) is 0 Å². The first-order valence-electron chi connectivity index (χ1n) is 16.9. The molecular formula is C48H30. The van der Waals surface area contributed by atoms with Crippen molar-refractivity contribution in [1.29, 1.82) is 0 Å². The number of fused-ring (bicyclic) bond motifs is 11. The third-order valence-corrected chi connectivity index (χ3v) is 11.2. The third kappa shape index (κ3) is 3.34. The van der Waals surface area contributed by atoms with E-state index in [1.807, 2.05) is 0 Å². The molecule has 11 rings (SSSR count). The van der Waals surface area contributed by atoms with Gasteiger partial charge in [-0.3, -0.25) is 0 Å². The molecule has 0 saturated heterocycles. The first kappa shape index (κ1) is 26.1. The second-order valence-electron chi connectivity index (χ2n) is 13.7. The Morgan fingerprint density at radius 2 is 0.583 bits per heavy atom. The first-order valence-corrected chi connectivity index (χ1v) is 16.9. The number of benzene rings is 9. The molecule has 0 nitrogen and oxygen atoms in total. The van der Waals surface area contributed by atoms with Crippen LogP contribution in [0.2, 0.25) is 0 Å². The fraction of sp³-hybridized carbons (Fsp3) is 0.0417. The molecule has 0 aromatic heterocycles. The standard InChI is InChI=1S/C48H30/c1-27-13-17-35-33-19-15-31(29-9-5-3-6-10-29)23-39(33)43-25-41-37(45(27)47(35)43)21-22-38-42(41)26-44-40-24-32(30-11-7-4-8-12-30)16-20-34(40)36-18-14-28(2)46(38)48(36)44/h3-26H,1-2H3. The maximum absolute atomic E-state index is 2.51. The van der Waals surface area contributed by atoms with Gasteiger partial charge in [0.15, 0.2) is 0 Å². The maximum Gasteiger partial charge on any atom is -0.00172 e. The Hall–Kier alpha value is -5.98. The molecular weight excluding hydrogens is 577 g/mol. The molecule has 0 atom stereocenters. The van der Waals surface area contributed by atoms with E-state index < -0.39 is 0 Å². The van der Waals surface area contributed by atoms with Crippen LogP contribution in [0.25, 0.3) is 108 Å². The zero-order chi connectivity index (χ0) is 31.7. The van der Waals surface area contributed by atoms with Crippen molar-refractivity contribution in [3.05, 3.63) is 157 Å². The summed E-state index contributed by atoms with van der Waals surface area (Å²) < 4.78 is 0. The highest BCUT2D eigenvalue weighted by Gasteiger charge is 2.21. The topological polar surface area (TPSA) is 0 Å². The molecule has 0 amide bonds. The lowest BCUT2D eigenvalue weighted by molar-refractivity contribution is 1.56. The number of rotatable bonds is 2. The summed E-state index contributed by atoms with van der Waals surface area (Å²) in [6.45, 7) is 4.56. The van der Waals surface area contributed by atoms with Gasteiger partial charge in [0, 0.05) is 0 Å². The summed E-state index contributed by atoms with van der Waals surface area (Å²) in [4.78, 5) is 0. The lowest BCUT2D eigenvalue weighted by atomic mass is 9.89. The van der Waals surface area contributed by atoms with Crippen LogP contribution in [0.4, 0.5) is 0 Å². The molecule has 0 N–H and O–H groups in total. The molecule has 48 heavy (non-hydrogen) atoms. The average molecular weight is 607 g/mol. The fourth-order valence-electron chi connectivity index (χ4n) is 8.98. The molecule has 0 unspecified atom stereocenters. The van der Waals surface area contributed by atoms with E-state index in [0.717, 1.165) is 0 Å². The molecule has 0 bridgehead atoms. The van der Waals surface area contributed by atoms with Crippen molar-refractivity contribution in [2.45, 2.75) is 13.8 Å². The SMILES string of the molecule is Cc1ccc2c3ccc(-c4ccccc4)cc3c3cc4c5cc6c7cc(-c8ccccc8)ccc7c7ccc(C)c(c5ccc4c1c23)c76.